The van der Waals surface area contributed by atoms with Gasteiger partial charge in [0.15, 0.2) is 0 Å². The van der Waals surface area contributed by atoms with Gasteiger partial charge in [0.1, 0.15) is 0 Å². The Bertz CT molecular complexity index is 558. The maximum absolute atomic E-state index is 12.8. The van der Waals surface area contributed by atoms with Crippen molar-refractivity contribution in [2.24, 2.45) is 5.73 Å². The highest BCUT2D eigenvalue weighted by molar-refractivity contribution is 5.91. The number of alkyl halides is 3. The van der Waals surface area contributed by atoms with Gasteiger partial charge in [-0.15, -0.1) is 0 Å². The minimum absolute atomic E-state index is 0.0444. The molecule has 1 unspecified atom stereocenters. The van der Waals surface area contributed by atoms with E-state index in [1.165, 1.54) is 6.07 Å². The second kappa shape index (κ2) is 8.46. The van der Waals surface area contributed by atoms with Gasteiger partial charge in [0, 0.05) is 18.8 Å². The Morgan fingerprint density at radius 2 is 2.17 bits per heavy atom. The van der Waals surface area contributed by atoms with Gasteiger partial charge >= 0.3 is 6.18 Å². The van der Waals surface area contributed by atoms with E-state index < -0.39 is 17.6 Å². The van der Waals surface area contributed by atoms with Crippen LogP contribution in [0.3, 0.4) is 0 Å². The molecule has 1 aromatic rings. The molecule has 1 saturated heterocycles. The number of hydrogen-bond acceptors (Lipinski definition) is 4. The molecule has 1 aromatic carbocycles. The molecule has 5 nitrogen and oxygen atoms in total. The van der Waals surface area contributed by atoms with Gasteiger partial charge in [0.05, 0.1) is 31.3 Å². The molecule has 1 amide bonds. The standard InChI is InChI=1S/C16H21F3N2O3/c17-16(18,19)12-6-11(9-20)7-13(8-12)21-15(22)3-5-23-10-14-2-1-4-24-14/h6-8,14H,1-5,9-10,20H2,(H,21,22). The Kier molecular flexibility index (Phi) is 6.59. The van der Waals surface area contributed by atoms with Gasteiger partial charge < -0.3 is 20.5 Å². The molecular weight excluding hydrogens is 325 g/mol. The lowest BCUT2D eigenvalue weighted by Crippen LogP contribution is -2.19. The maximum Gasteiger partial charge on any atom is 0.416 e. The van der Waals surface area contributed by atoms with E-state index >= 15 is 0 Å². The normalized spacial score (nSPS) is 17.9. The summed E-state index contributed by atoms with van der Waals surface area (Å²) in [5, 5.41) is 2.45. The number of nitrogens with two attached hydrogens (primary N) is 1. The number of amides is 1. The van der Waals surface area contributed by atoms with Crippen molar-refractivity contribution in [3.05, 3.63) is 29.3 Å². The van der Waals surface area contributed by atoms with Crippen LogP contribution in [-0.4, -0.2) is 31.8 Å². The molecule has 1 aliphatic heterocycles. The fourth-order valence-corrected chi connectivity index (χ4v) is 2.42. The molecule has 24 heavy (non-hydrogen) atoms. The third-order valence-electron chi connectivity index (χ3n) is 3.64. The summed E-state index contributed by atoms with van der Waals surface area (Å²) in [7, 11) is 0. The van der Waals surface area contributed by atoms with Crippen molar-refractivity contribution in [3.63, 3.8) is 0 Å². The number of carbonyl (C=O) groups is 1. The first kappa shape index (κ1) is 18.7. The molecule has 1 atom stereocenters. The van der Waals surface area contributed by atoms with E-state index in [-0.39, 0.29) is 31.4 Å². The van der Waals surface area contributed by atoms with Gasteiger partial charge in [-0.3, -0.25) is 4.79 Å². The van der Waals surface area contributed by atoms with Crippen molar-refractivity contribution >= 4 is 11.6 Å². The summed E-state index contributed by atoms with van der Waals surface area (Å²) in [5.74, 6) is -0.412. The van der Waals surface area contributed by atoms with Crippen LogP contribution in [0.25, 0.3) is 0 Å². The minimum atomic E-state index is -4.49. The van der Waals surface area contributed by atoms with Gasteiger partial charge in [0.25, 0.3) is 0 Å². The second-order valence-electron chi connectivity index (χ2n) is 5.63. The summed E-state index contributed by atoms with van der Waals surface area (Å²) >= 11 is 0. The van der Waals surface area contributed by atoms with Crippen LogP contribution in [0.2, 0.25) is 0 Å². The SMILES string of the molecule is NCc1cc(NC(=O)CCOCC2CCCO2)cc(C(F)(F)F)c1. The smallest absolute Gasteiger partial charge is 0.378 e. The molecule has 0 spiro atoms. The van der Waals surface area contributed by atoms with Crippen LogP contribution in [0, 0.1) is 0 Å². The first-order valence-corrected chi connectivity index (χ1v) is 7.79. The monoisotopic (exact) mass is 346 g/mol. The number of hydrogen-bond donors (Lipinski definition) is 2. The molecule has 1 heterocycles. The molecule has 0 aromatic heterocycles. The van der Waals surface area contributed by atoms with E-state index in [1.807, 2.05) is 0 Å². The number of benzene rings is 1. The van der Waals surface area contributed by atoms with Crippen molar-refractivity contribution in [2.75, 3.05) is 25.1 Å². The molecule has 1 fully saturated rings. The van der Waals surface area contributed by atoms with E-state index in [0.29, 0.717) is 12.2 Å². The molecule has 0 radical (unpaired) electrons. The molecule has 1 aliphatic rings. The third kappa shape index (κ3) is 5.77. The first-order valence-electron chi connectivity index (χ1n) is 7.79. The average Bonchev–Trinajstić information content (AvgIpc) is 3.03. The largest absolute Gasteiger partial charge is 0.416 e. The van der Waals surface area contributed by atoms with Gasteiger partial charge in [-0.2, -0.15) is 13.2 Å². The van der Waals surface area contributed by atoms with Crippen molar-refractivity contribution in [3.8, 4) is 0 Å². The van der Waals surface area contributed by atoms with Crippen LogP contribution in [0.4, 0.5) is 18.9 Å². The summed E-state index contributed by atoms with van der Waals surface area (Å²) in [6.45, 7) is 1.30. The number of halogens is 3. The summed E-state index contributed by atoms with van der Waals surface area (Å²) in [6.07, 6.45) is -2.41. The van der Waals surface area contributed by atoms with Crippen LogP contribution in [-0.2, 0) is 27.0 Å². The Hall–Kier alpha value is -1.64. The predicted molar refractivity (Wildman–Crippen MR) is 82.4 cm³/mol. The highest BCUT2D eigenvalue weighted by Gasteiger charge is 2.31. The summed E-state index contributed by atoms with van der Waals surface area (Å²) < 4.78 is 49.2. The van der Waals surface area contributed by atoms with Crippen molar-refractivity contribution in [2.45, 2.75) is 38.1 Å². The van der Waals surface area contributed by atoms with Crippen molar-refractivity contribution in [1.82, 2.24) is 0 Å². The molecule has 0 saturated carbocycles. The average molecular weight is 346 g/mol. The molecule has 0 aliphatic carbocycles. The number of carbonyl (C=O) groups excluding carboxylic acids is 1. The molecule has 8 heteroatoms. The number of anilines is 1. The van der Waals surface area contributed by atoms with Gasteiger partial charge in [-0.1, -0.05) is 0 Å². The van der Waals surface area contributed by atoms with Crippen molar-refractivity contribution in [1.29, 1.82) is 0 Å². The molecule has 0 bridgehead atoms. The lowest BCUT2D eigenvalue weighted by atomic mass is 10.1. The quantitative estimate of drug-likeness (QED) is 0.745. The van der Waals surface area contributed by atoms with E-state index in [2.05, 4.69) is 5.32 Å². The van der Waals surface area contributed by atoms with E-state index in [9.17, 15) is 18.0 Å². The first-order chi connectivity index (χ1) is 11.4. The fraction of sp³-hybridized carbons (Fsp3) is 0.562. The number of ether oxygens (including phenoxy) is 2. The lowest BCUT2D eigenvalue weighted by molar-refractivity contribution is -0.137. The van der Waals surface area contributed by atoms with Crippen LogP contribution in [0.1, 0.15) is 30.4 Å². The highest BCUT2D eigenvalue weighted by atomic mass is 19.4. The zero-order valence-corrected chi connectivity index (χ0v) is 13.2. The van der Waals surface area contributed by atoms with E-state index in [4.69, 9.17) is 15.2 Å². The molecule has 3 N–H and O–H groups in total. The van der Waals surface area contributed by atoms with Crippen LogP contribution < -0.4 is 11.1 Å². The van der Waals surface area contributed by atoms with Gasteiger partial charge in [-0.05, 0) is 36.6 Å². The predicted octanol–water partition coefficient (Wildman–Crippen LogP) is 2.69. The van der Waals surface area contributed by atoms with Crippen LogP contribution >= 0.6 is 0 Å². The maximum atomic E-state index is 12.8. The van der Waals surface area contributed by atoms with Crippen LogP contribution in [0.15, 0.2) is 18.2 Å². The number of nitrogens with one attached hydrogen (secondary N) is 1. The zero-order chi connectivity index (χ0) is 17.6. The number of rotatable bonds is 7. The Morgan fingerprint density at radius 3 is 2.79 bits per heavy atom. The third-order valence-corrected chi connectivity index (χ3v) is 3.64. The van der Waals surface area contributed by atoms with Gasteiger partial charge in [0.2, 0.25) is 5.91 Å². The second-order valence-corrected chi connectivity index (χ2v) is 5.63. The summed E-state index contributed by atoms with van der Waals surface area (Å²) in [6, 6.07) is 3.30. The highest BCUT2D eigenvalue weighted by Crippen LogP contribution is 2.32. The van der Waals surface area contributed by atoms with E-state index in [1.54, 1.807) is 0 Å². The molecule has 134 valence electrons. The van der Waals surface area contributed by atoms with Crippen LogP contribution in [0.5, 0.6) is 0 Å². The lowest BCUT2D eigenvalue weighted by Gasteiger charge is -2.13. The summed E-state index contributed by atoms with van der Waals surface area (Å²) in [5.41, 5.74) is 4.95. The molecular formula is C16H21F3N2O3. The Labute approximate surface area is 138 Å². The topological polar surface area (TPSA) is 73.6 Å². The zero-order valence-electron chi connectivity index (χ0n) is 13.2. The van der Waals surface area contributed by atoms with Crippen molar-refractivity contribution < 1.29 is 27.4 Å². The summed E-state index contributed by atoms with van der Waals surface area (Å²) in [4.78, 5) is 11.8. The minimum Gasteiger partial charge on any atom is -0.378 e. The molecule has 2 rings (SSSR count). The van der Waals surface area contributed by atoms with E-state index in [0.717, 1.165) is 31.6 Å². The fourth-order valence-electron chi connectivity index (χ4n) is 2.42. The Morgan fingerprint density at radius 1 is 1.38 bits per heavy atom. The van der Waals surface area contributed by atoms with Gasteiger partial charge in [-0.25, -0.2) is 0 Å². The Balaban J connectivity index is 1.84.